The molecule has 0 aliphatic rings. The average Bonchev–Trinajstić information content (AvgIpc) is 2.34. The second kappa shape index (κ2) is 6.60. The number of alkyl halides is 3. The standard InChI is InChI=1S/C13H16F3NO3/c1-8(12(18)19)9(2)17-7-10-3-5-11(6-4-10)20-13(14,15)16/h3-6,8-9,17H,7H2,1-2H3,(H,18,19). The largest absolute Gasteiger partial charge is 0.573 e. The molecule has 0 spiro atoms. The molecule has 0 bridgehead atoms. The number of ether oxygens (including phenoxy) is 1. The van der Waals surface area contributed by atoms with Gasteiger partial charge in [0.05, 0.1) is 5.92 Å². The van der Waals surface area contributed by atoms with Gasteiger partial charge in [-0.15, -0.1) is 13.2 Å². The first kappa shape index (κ1) is 16.3. The number of benzene rings is 1. The molecule has 0 saturated heterocycles. The average molecular weight is 291 g/mol. The summed E-state index contributed by atoms with van der Waals surface area (Å²) in [6, 6.07) is 5.17. The molecule has 112 valence electrons. The summed E-state index contributed by atoms with van der Waals surface area (Å²) in [5.74, 6) is -1.74. The molecule has 4 nitrogen and oxygen atoms in total. The second-order valence-corrected chi connectivity index (χ2v) is 4.49. The highest BCUT2D eigenvalue weighted by Crippen LogP contribution is 2.22. The summed E-state index contributed by atoms with van der Waals surface area (Å²) in [5, 5.41) is 11.8. The Morgan fingerprint density at radius 1 is 1.30 bits per heavy atom. The summed E-state index contributed by atoms with van der Waals surface area (Å²) in [4.78, 5) is 10.8. The Labute approximate surface area is 114 Å². The molecular weight excluding hydrogens is 275 g/mol. The molecule has 0 heterocycles. The lowest BCUT2D eigenvalue weighted by atomic mass is 10.0. The van der Waals surface area contributed by atoms with E-state index >= 15 is 0 Å². The highest BCUT2D eigenvalue weighted by molar-refractivity contribution is 5.70. The third-order valence-electron chi connectivity index (χ3n) is 2.92. The Hall–Kier alpha value is -1.76. The summed E-state index contributed by atoms with van der Waals surface area (Å²) in [7, 11) is 0. The van der Waals surface area contributed by atoms with Crippen LogP contribution in [0.3, 0.4) is 0 Å². The van der Waals surface area contributed by atoms with E-state index in [1.165, 1.54) is 24.3 Å². The van der Waals surface area contributed by atoms with E-state index in [-0.39, 0.29) is 11.8 Å². The van der Waals surface area contributed by atoms with Gasteiger partial charge in [0.2, 0.25) is 0 Å². The zero-order valence-corrected chi connectivity index (χ0v) is 11.1. The maximum Gasteiger partial charge on any atom is 0.573 e. The Morgan fingerprint density at radius 3 is 2.30 bits per heavy atom. The molecule has 7 heteroatoms. The van der Waals surface area contributed by atoms with Gasteiger partial charge in [-0.25, -0.2) is 0 Å². The van der Waals surface area contributed by atoms with Crippen LogP contribution in [0.15, 0.2) is 24.3 Å². The lowest BCUT2D eigenvalue weighted by Crippen LogP contribution is -2.35. The predicted octanol–water partition coefficient (Wildman–Crippen LogP) is 2.78. The summed E-state index contributed by atoms with van der Waals surface area (Å²) >= 11 is 0. The summed E-state index contributed by atoms with van der Waals surface area (Å²) in [6.45, 7) is 3.69. The summed E-state index contributed by atoms with van der Waals surface area (Å²) < 4.78 is 39.7. The summed E-state index contributed by atoms with van der Waals surface area (Å²) in [5.41, 5.74) is 0.740. The minimum atomic E-state index is -4.70. The van der Waals surface area contributed by atoms with E-state index < -0.39 is 18.2 Å². The molecule has 2 unspecified atom stereocenters. The smallest absolute Gasteiger partial charge is 0.481 e. The van der Waals surface area contributed by atoms with Crippen LogP contribution in [0.4, 0.5) is 13.2 Å². The van der Waals surface area contributed by atoms with Crippen LogP contribution in [0.5, 0.6) is 5.75 Å². The number of aliphatic carboxylic acids is 1. The van der Waals surface area contributed by atoms with Gasteiger partial charge in [0, 0.05) is 12.6 Å². The van der Waals surface area contributed by atoms with Gasteiger partial charge < -0.3 is 15.2 Å². The molecule has 20 heavy (non-hydrogen) atoms. The number of carboxylic acid groups (broad SMARTS) is 1. The molecule has 1 aromatic rings. The van der Waals surface area contributed by atoms with Crippen LogP contribution in [-0.2, 0) is 11.3 Å². The van der Waals surface area contributed by atoms with Crippen molar-refractivity contribution in [2.75, 3.05) is 0 Å². The molecule has 0 fully saturated rings. The van der Waals surface area contributed by atoms with Gasteiger partial charge in [-0.05, 0) is 24.6 Å². The Morgan fingerprint density at radius 2 is 1.85 bits per heavy atom. The van der Waals surface area contributed by atoms with Gasteiger partial charge in [-0.2, -0.15) is 0 Å². The van der Waals surface area contributed by atoms with Gasteiger partial charge in [-0.3, -0.25) is 4.79 Å². The van der Waals surface area contributed by atoms with E-state index in [1.54, 1.807) is 13.8 Å². The number of rotatable bonds is 6. The van der Waals surface area contributed by atoms with Crippen LogP contribution in [-0.4, -0.2) is 23.5 Å². The van der Waals surface area contributed by atoms with Gasteiger partial charge >= 0.3 is 12.3 Å². The highest BCUT2D eigenvalue weighted by atomic mass is 19.4. The van der Waals surface area contributed by atoms with Crippen molar-refractivity contribution >= 4 is 5.97 Å². The fourth-order valence-corrected chi connectivity index (χ4v) is 1.48. The van der Waals surface area contributed by atoms with Crippen LogP contribution >= 0.6 is 0 Å². The molecule has 0 radical (unpaired) electrons. The van der Waals surface area contributed by atoms with Crippen molar-refractivity contribution in [1.29, 1.82) is 0 Å². The number of nitrogens with one attached hydrogen (secondary N) is 1. The molecule has 0 amide bonds. The van der Waals surface area contributed by atoms with E-state index in [9.17, 15) is 18.0 Å². The Kier molecular flexibility index (Phi) is 5.38. The number of hydrogen-bond acceptors (Lipinski definition) is 3. The number of carbonyl (C=O) groups is 1. The molecule has 0 aliphatic carbocycles. The zero-order valence-electron chi connectivity index (χ0n) is 11.1. The first-order valence-electron chi connectivity index (χ1n) is 6.00. The number of hydrogen-bond donors (Lipinski definition) is 2. The molecule has 0 aliphatic heterocycles. The molecule has 2 atom stereocenters. The van der Waals surface area contributed by atoms with E-state index in [0.29, 0.717) is 6.54 Å². The predicted molar refractivity (Wildman–Crippen MR) is 66.2 cm³/mol. The fraction of sp³-hybridized carbons (Fsp3) is 0.462. The lowest BCUT2D eigenvalue weighted by molar-refractivity contribution is -0.274. The van der Waals surface area contributed by atoms with Crippen molar-refractivity contribution in [2.45, 2.75) is 32.8 Å². The van der Waals surface area contributed by atoms with Gasteiger partial charge in [-0.1, -0.05) is 19.1 Å². The van der Waals surface area contributed by atoms with Crippen molar-refractivity contribution in [3.63, 3.8) is 0 Å². The first-order chi connectivity index (χ1) is 9.19. The molecule has 2 N–H and O–H groups in total. The van der Waals surface area contributed by atoms with Crippen molar-refractivity contribution in [3.05, 3.63) is 29.8 Å². The third kappa shape index (κ3) is 5.48. The monoisotopic (exact) mass is 291 g/mol. The van der Waals surface area contributed by atoms with Crippen LogP contribution in [0.1, 0.15) is 19.4 Å². The van der Waals surface area contributed by atoms with Crippen LogP contribution < -0.4 is 10.1 Å². The van der Waals surface area contributed by atoms with Gasteiger partial charge in [0.25, 0.3) is 0 Å². The van der Waals surface area contributed by atoms with Crippen molar-refractivity contribution in [2.24, 2.45) is 5.92 Å². The third-order valence-corrected chi connectivity index (χ3v) is 2.92. The number of halogens is 3. The molecular formula is C13H16F3NO3. The van der Waals surface area contributed by atoms with Gasteiger partial charge in [0.15, 0.2) is 0 Å². The fourth-order valence-electron chi connectivity index (χ4n) is 1.48. The minimum Gasteiger partial charge on any atom is -0.481 e. The van der Waals surface area contributed by atoms with E-state index in [2.05, 4.69) is 10.1 Å². The quantitative estimate of drug-likeness (QED) is 0.846. The molecule has 0 aromatic heterocycles. The Bertz CT molecular complexity index is 445. The zero-order chi connectivity index (χ0) is 15.3. The highest BCUT2D eigenvalue weighted by Gasteiger charge is 2.30. The van der Waals surface area contributed by atoms with Gasteiger partial charge in [0.1, 0.15) is 5.75 Å². The maximum atomic E-state index is 12.0. The first-order valence-corrected chi connectivity index (χ1v) is 6.00. The van der Waals surface area contributed by atoms with Crippen LogP contribution in [0, 0.1) is 5.92 Å². The van der Waals surface area contributed by atoms with Crippen LogP contribution in [0.25, 0.3) is 0 Å². The topological polar surface area (TPSA) is 58.6 Å². The van der Waals surface area contributed by atoms with E-state index in [4.69, 9.17) is 5.11 Å². The molecule has 1 aromatic carbocycles. The van der Waals surface area contributed by atoms with Crippen molar-refractivity contribution in [3.8, 4) is 5.75 Å². The minimum absolute atomic E-state index is 0.251. The molecule has 1 rings (SSSR count). The van der Waals surface area contributed by atoms with E-state index in [0.717, 1.165) is 5.56 Å². The molecule has 0 saturated carbocycles. The van der Waals surface area contributed by atoms with Crippen molar-refractivity contribution in [1.82, 2.24) is 5.32 Å². The summed E-state index contributed by atoms with van der Waals surface area (Å²) in [6.07, 6.45) is -4.70. The SMILES string of the molecule is CC(NCc1ccc(OC(F)(F)F)cc1)C(C)C(=O)O. The van der Waals surface area contributed by atoms with Crippen LogP contribution in [0.2, 0.25) is 0 Å². The van der Waals surface area contributed by atoms with Crippen molar-refractivity contribution < 1.29 is 27.8 Å². The normalized spacial score (nSPS) is 14.7. The lowest BCUT2D eigenvalue weighted by Gasteiger charge is -2.18. The second-order valence-electron chi connectivity index (χ2n) is 4.49. The number of carboxylic acids is 1. The Balaban J connectivity index is 2.52. The van der Waals surface area contributed by atoms with E-state index in [1.807, 2.05) is 0 Å². The maximum absolute atomic E-state index is 12.0.